The van der Waals surface area contributed by atoms with Crippen LogP contribution in [0, 0.1) is 0 Å². The molecule has 0 unspecified atom stereocenters. The van der Waals surface area contributed by atoms with Crippen molar-refractivity contribution in [3.8, 4) is 5.75 Å². The zero-order chi connectivity index (χ0) is 12.3. The Morgan fingerprint density at radius 3 is 2.29 bits per heavy atom. The van der Waals surface area contributed by atoms with Crippen LogP contribution in [0.25, 0.3) is 0 Å². The Kier molecular flexibility index (Phi) is 3.56. The maximum Gasteiger partial charge on any atom is 0.160 e. The van der Waals surface area contributed by atoms with Gasteiger partial charge in [0, 0.05) is 5.56 Å². The van der Waals surface area contributed by atoms with E-state index in [-0.39, 0.29) is 5.78 Å². The van der Waals surface area contributed by atoms with Gasteiger partial charge in [0.25, 0.3) is 0 Å². The van der Waals surface area contributed by atoms with E-state index in [0.717, 1.165) is 31.4 Å². The average molecular weight is 228 g/mol. The smallest absolute Gasteiger partial charge is 0.160 e. The lowest BCUT2D eigenvalue weighted by Gasteiger charge is -2.32. The fourth-order valence-corrected chi connectivity index (χ4v) is 2.44. The van der Waals surface area contributed by atoms with Crippen LogP contribution in [0.3, 0.4) is 0 Å². The minimum Gasteiger partial charge on any atom is -0.497 e. The zero-order valence-electron chi connectivity index (χ0n) is 10.2. The number of ether oxygens (including phenoxy) is 1. The molecular weight excluding hydrogens is 211 g/mol. The Morgan fingerprint density at radius 2 is 1.76 bits per heavy atom. The molecule has 1 saturated carbocycles. The Labute approximate surface area is 104 Å². The Hall–Kier alpha value is -1.25. The predicted molar refractivity (Wildman–Crippen MR) is 68.9 cm³/mol. The zero-order valence-corrected chi connectivity index (χ0v) is 10.2. The Bertz CT molecular complexity index is 391. The summed E-state index contributed by atoms with van der Waals surface area (Å²) in [6.07, 6.45) is 4.90. The van der Waals surface area contributed by atoms with Crippen molar-refractivity contribution in [1.29, 1.82) is 0 Å². The van der Waals surface area contributed by atoms with Crippen LogP contribution in [0.15, 0.2) is 24.3 Å². The highest BCUT2D eigenvalue weighted by Gasteiger charge is 2.34. The van der Waals surface area contributed by atoms with Crippen molar-refractivity contribution in [3.63, 3.8) is 0 Å². The molecule has 1 aromatic rings. The van der Waals surface area contributed by atoms with Crippen molar-refractivity contribution in [3.05, 3.63) is 29.8 Å². The lowest BCUT2D eigenvalue weighted by molar-refractivity contribution is 0.0906. The molecule has 1 aromatic carbocycles. The molecule has 2 radical (unpaired) electrons. The molecule has 0 spiro atoms. The van der Waals surface area contributed by atoms with Crippen LogP contribution < -0.4 is 4.74 Å². The normalized spacial score (nSPS) is 18.6. The molecule has 1 aliphatic rings. The maximum absolute atomic E-state index is 12.4. The summed E-state index contributed by atoms with van der Waals surface area (Å²) in [5.41, 5.74) is 0.690. The molecule has 0 atom stereocenters. The quantitative estimate of drug-likeness (QED) is 0.586. The molecule has 17 heavy (non-hydrogen) atoms. The largest absolute Gasteiger partial charge is 0.497 e. The molecule has 0 saturated heterocycles. The first-order valence-corrected chi connectivity index (χ1v) is 6.13. The van der Waals surface area contributed by atoms with Gasteiger partial charge in [-0.1, -0.05) is 19.3 Å². The van der Waals surface area contributed by atoms with Crippen molar-refractivity contribution in [2.75, 3.05) is 7.11 Å². The van der Waals surface area contributed by atoms with Crippen LogP contribution in [0.2, 0.25) is 5.31 Å². The van der Waals surface area contributed by atoms with Crippen molar-refractivity contribution < 1.29 is 9.53 Å². The molecule has 0 amide bonds. The average Bonchev–Trinajstić information content (AvgIpc) is 2.39. The van der Waals surface area contributed by atoms with Gasteiger partial charge in [-0.2, -0.15) is 0 Å². The molecule has 2 rings (SSSR count). The van der Waals surface area contributed by atoms with Crippen molar-refractivity contribution in [2.24, 2.45) is 0 Å². The van der Waals surface area contributed by atoms with Crippen molar-refractivity contribution in [1.82, 2.24) is 0 Å². The summed E-state index contributed by atoms with van der Waals surface area (Å²) in [5.74, 6) is 0.830. The molecule has 0 bridgehead atoms. The third-order valence-electron chi connectivity index (χ3n) is 3.55. The van der Waals surface area contributed by atoms with E-state index in [1.54, 1.807) is 31.4 Å². The maximum atomic E-state index is 12.4. The minimum absolute atomic E-state index is 0.0693. The third-order valence-corrected chi connectivity index (χ3v) is 3.55. The highest BCUT2D eigenvalue weighted by molar-refractivity contribution is 6.32. The lowest BCUT2D eigenvalue weighted by atomic mass is 9.57. The first-order chi connectivity index (χ1) is 8.15. The number of rotatable bonds is 3. The van der Waals surface area contributed by atoms with Gasteiger partial charge in [0.1, 0.15) is 5.75 Å². The summed E-state index contributed by atoms with van der Waals surface area (Å²) >= 11 is 0. The first kappa shape index (κ1) is 12.2. The van der Waals surface area contributed by atoms with Crippen molar-refractivity contribution >= 4 is 13.6 Å². The second kappa shape index (κ2) is 4.95. The van der Waals surface area contributed by atoms with Gasteiger partial charge in [-0.25, -0.2) is 0 Å². The highest BCUT2D eigenvalue weighted by atomic mass is 16.5. The number of ketones is 1. The van der Waals surface area contributed by atoms with Gasteiger partial charge in [-0.05, 0) is 42.4 Å². The fourth-order valence-electron chi connectivity index (χ4n) is 2.44. The standard InChI is InChI=1S/C14H17BO2/c1-17-12-7-5-11(6-8-12)13(16)14(15)9-3-2-4-10-14/h5-8H,2-4,9-10H2,1H3. The van der Waals surface area contributed by atoms with E-state index in [4.69, 9.17) is 12.6 Å². The second-order valence-electron chi connectivity index (χ2n) is 4.77. The number of hydrogen-bond donors (Lipinski definition) is 0. The Morgan fingerprint density at radius 1 is 1.18 bits per heavy atom. The second-order valence-corrected chi connectivity index (χ2v) is 4.77. The number of carbonyl (C=O) groups excluding carboxylic acids is 1. The highest BCUT2D eigenvalue weighted by Crippen LogP contribution is 2.42. The third kappa shape index (κ3) is 2.54. The van der Waals surface area contributed by atoms with Crippen LogP contribution in [0.5, 0.6) is 5.75 Å². The van der Waals surface area contributed by atoms with Gasteiger partial charge >= 0.3 is 0 Å². The van der Waals surface area contributed by atoms with E-state index in [2.05, 4.69) is 0 Å². The Balaban J connectivity index is 2.17. The molecule has 0 aromatic heterocycles. The van der Waals surface area contributed by atoms with Gasteiger partial charge in [-0.15, -0.1) is 0 Å². The first-order valence-electron chi connectivity index (χ1n) is 6.13. The molecule has 1 fully saturated rings. The van der Waals surface area contributed by atoms with Crippen LogP contribution in [-0.2, 0) is 0 Å². The van der Waals surface area contributed by atoms with Gasteiger partial charge in [0.2, 0.25) is 0 Å². The number of benzene rings is 1. The monoisotopic (exact) mass is 228 g/mol. The van der Waals surface area contributed by atoms with E-state index in [1.165, 1.54) is 6.42 Å². The minimum atomic E-state index is -0.646. The summed E-state index contributed by atoms with van der Waals surface area (Å²) < 4.78 is 5.08. The molecule has 0 N–H and O–H groups in total. The fraction of sp³-hybridized carbons (Fsp3) is 0.500. The van der Waals surface area contributed by atoms with Crippen LogP contribution in [0.4, 0.5) is 0 Å². The number of Topliss-reactive ketones (excluding diaryl/α,β-unsaturated/α-hetero) is 1. The summed E-state index contributed by atoms with van der Waals surface area (Å²) in [7, 11) is 7.84. The van der Waals surface area contributed by atoms with E-state index in [9.17, 15) is 4.79 Å². The van der Waals surface area contributed by atoms with Gasteiger partial charge in [0.15, 0.2) is 5.78 Å². The molecule has 88 valence electrons. The molecule has 0 aliphatic heterocycles. The van der Waals surface area contributed by atoms with Gasteiger partial charge in [-0.3, -0.25) is 4.79 Å². The summed E-state index contributed by atoms with van der Waals surface area (Å²) in [5, 5.41) is -0.646. The summed E-state index contributed by atoms with van der Waals surface area (Å²) in [4.78, 5) is 12.4. The van der Waals surface area contributed by atoms with Gasteiger partial charge < -0.3 is 4.74 Å². The van der Waals surface area contributed by atoms with Crippen LogP contribution in [-0.4, -0.2) is 20.7 Å². The van der Waals surface area contributed by atoms with E-state index >= 15 is 0 Å². The lowest BCUT2D eigenvalue weighted by Crippen LogP contribution is -2.27. The number of carbonyl (C=O) groups is 1. The molecule has 3 heteroatoms. The van der Waals surface area contributed by atoms with Crippen LogP contribution >= 0.6 is 0 Å². The molecule has 1 aliphatic carbocycles. The van der Waals surface area contributed by atoms with Crippen LogP contribution in [0.1, 0.15) is 42.5 Å². The van der Waals surface area contributed by atoms with E-state index in [0.29, 0.717) is 5.56 Å². The molecule has 0 heterocycles. The topological polar surface area (TPSA) is 26.3 Å². The predicted octanol–water partition coefficient (Wildman–Crippen LogP) is 3.17. The van der Waals surface area contributed by atoms with Crippen molar-refractivity contribution in [2.45, 2.75) is 37.4 Å². The number of hydrogen-bond acceptors (Lipinski definition) is 2. The summed E-state index contributed by atoms with van der Waals surface area (Å²) in [6, 6.07) is 7.20. The molecule has 2 nitrogen and oxygen atoms in total. The summed E-state index contributed by atoms with van der Waals surface area (Å²) in [6.45, 7) is 0. The van der Waals surface area contributed by atoms with E-state index < -0.39 is 5.31 Å². The van der Waals surface area contributed by atoms with E-state index in [1.807, 2.05) is 0 Å². The number of methoxy groups -OCH3 is 1. The van der Waals surface area contributed by atoms with Gasteiger partial charge in [0.05, 0.1) is 15.0 Å². The SMILES string of the molecule is [B]C1(C(=O)c2ccc(OC)cc2)CCCCC1. The molecular formula is C14H17BO2.